The fraction of sp³-hybridized carbons (Fsp3) is 0.613. The second kappa shape index (κ2) is 12.2. The molecule has 0 amide bonds. The van der Waals surface area contributed by atoms with Crippen LogP contribution in [0.3, 0.4) is 0 Å². The fourth-order valence-corrected chi connectivity index (χ4v) is 5.83. The van der Waals surface area contributed by atoms with Gasteiger partial charge in [-0.2, -0.15) is 0 Å². The number of fused-ring (bicyclic) bond motifs is 1. The molecule has 2 unspecified atom stereocenters. The van der Waals surface area contributed by atoms with Gasteiger partial charge in [-0.25, -0.2) is 0 Å². The Bertz CT molecular complexity index is 1160. The standard InChI is InChI=1S/C31H40O11/c1-30(2)36-17-21(40-30)24-26(42-31(3,4)41-24)27(33)39-29-22(32)25(34-15-18-11-7-5-8-12-18)23-20(37-29)16-35-28(38-23)19-13-9-6-10-14-19/h5-14,20-29,32-33H,15-17H2,1-4H3/t20-,21+,22+,23-,24+,25-,26+,27?,28?,29+/m1/s1. The smallest absolute Gasteiger partial charge is 0.189 e. The lowest BCUT2D eigenvalue weighted by molar-refractivity contribution is -0.386. The Labute approximate surface area is 245 Å². The Balaban J connectivity index is 1.18. The first-order chi connectivity index (χ1) is 20.1. The molecular formula is C31H40O11. The summed E-state index contributed by atoms with van der Waals surface area (Å²) in [6.45, 7) is 7.77. The molecule has 2 aromatic carbocycles. The zero-order valence-corrected chi connectivity index (χ0v) is 24.2. The van der Waals surface area contributed by atoms with Gasteiger partial charge in [-0.15, -0.1) is 0 Å². The molecular weight excluding hydrogens is 548 g/mol. The van der Waals surface area contributed by atoms with Crippen molar-refractivity contribution in [1.82, 2.24) is 0 Å². The highest BCUT2D eigenvalue weighted by atomic mass is 16.8. The van der Waals surface area contributed by atoms with E-state index < -0.39 is 73.2 Å². The van der Waals surface area contributed by atoms with E-state index in [9.17, 15) is 10.2 Å². The molecule has 2 N–H and O–H groups in total. The second-order valence-electron chi connectivity index (χ2n) is 11.9. The molecule has 11 heteroatoms. The van der Waals surface area contributed by atoms with Crippen LogP contribution in [0.4, 0.5) is 0 Å². The van der Waals surface area contributed by atoms with Gasteiger partial charge in [0.15, 0.2) is 30.4 Å². The number of benzene rings is 2. The average Bonchev–Trinajstić information content (AvgIpc) is 3.51. The van der Waals surface area contributed by atoms with Crippen molar-refractivity contribution in [2.24, 2.45) is 0 Å². The summed E-state index contributed by atoms with van der Waals surface area (Å²) >= 11 is 0. The zero-order valence-electron chi connectivity index (χ0n) is 24.2. The molecule has 11 nitrogen and oxygen atoms in total. The van der Waals surface area contributed by atoms with Crippen molar-refractivity contribution in [3.05, 3.63) is 71.8 Å². The SMILES string of the molecule is CC1(C)OC[C@@H]([C@@H]2OC(C)(C)O[C@@H]2C(O)O[C@@H]2O[C@@H]3COC(c4ccccc4)O[C@H]3[C@H](OCc3ccccc3)[C@@H]2O)O1. The van der Waals surface area contributed by atoms with Gasteiger partial charge in [0.2, 0.25) is 0 Å². The minimum Gasteiger partial charge on any atom is -0.385 e. The summed E-state index contributed by atoms with van der Waals surface area (Å²) in [6.07, 6.45) is -9.04. The van der Waals surface area contributed by atoms with Gasteiger partial charge in [0, 0.05) is 5.56 Å². The van der Waals surface area contributed by atoms with E-state index in [2.05, 4.69) is 0 Å². The first-order valence-corrected chi connectivity index (χ1v) is 14.4. The molecule has 0 bridgehead atoms. The van der Waals surface area contributed by atoms with Crippen molar-refractivity contribution in [3.63, 3.8) is 0 Å². The van der Waals surface area contributed by atoms with Crippen LogP contribution in [-0.2, 0) is 49.2 Å². The van der Waals surface area contributed by atoms with Crippen LogP contribution >= 0.6 is 0 Å². The highest BCUT2D eigenvalue weighted by Crippen LogP contribution is 2.39. The van der Waals surface area contributed by atoms with Crippen molar-refractivity contribution in [1.29, 1.82) is 0 Å². The van der Waals surface area contributed by atoms with Crippen LogP contribution in [0.2, 0.25) is 0 Å². The number of ether oxygens (including phenoxy) is 9. The molecule has 10 atom stereocenters. The topological polar surface area (TPSA) is 124 Å². The van der Waals surface area contributed by atoms with E-state index in [1.807, 2.05) is 74.5 Å². The Morgan fingerprint density at radius 2 is 1.55 bits per heavy atom. The molecule has 4 heterocycles. The highest BCUT2D eigenvalue weighted by molar-refractivity contribution is 5.17. The number of rotatable bonds is 8. The van der Waals surface area contributed by atoms with Crippen molar-refractivity contribution >= 4 is 0 Å². The lowest BCUT2D eigenvalue weighted by Gasteiger charge is -2.48. The molecule has 0 radical (unpaired) electrons. The molecule has 0 aromatic heterocycles. The molecule has 0 aliphatic carbocycles. The third kappa shape index (κ3) is 6.57. The minimum atomic E-state index is -1.53. The van der Waals surface area contributed by atoms with Crippen LogP contribution in [0.1, 0.15) is 45.1 Å². The van der Waals surface area contributed by atoms with Gasteiger partial charge >= 0.3 is 0 Å². The van der Waals surface area contributed by atoms with Crippen LogP contribution in [-0.4, -0.2) is 90.3 Å². The molecule has 4 aliphatic heterocycles. The molecule has 4 saturated heterocycles. The normalized spacial score (nSPS) is 38.2. The molecule has 2 aromatic rings. The van der Waals surface area contributed by atoms with Crippen molar-refractivity contribution in [2.75, 3.05) is 13.2 Å². The monoisotopic (exact) mass is 588 g/mol. The fourth-order valence-electron chi connectivity index (χ4n) is 5.83. The summed E-state index contributed by atoms with van der Waals surface area (Å²) in [5.41, 5.74) is 1.77. The van der Waals surface area contributed by atoms with Gasteiger partial charge in [-0.1, -0.05) is 60.7 Å². The minimum absolute atomic E-state index is 0.166. The van der Waals surface area contributed by atoms with Gasteiger partial charge in [-0.05, 0) is 33.3 Å². The molecule has 4 aliphatic rings. The lowest BCUT2D eigenvalue weighted by atomic mass is 9.97. The first-order valence-electron chi connectivity index (χ1n) is 14.4. The molecule has 4 fully saturated rings. The average molecular weight is 589 g/mol. The van der Waals surface area contributed by atoms with Gasteiger partial charge in [0.25, 0.3) is 0 Å². The summed E-state index contributed by atoms with van der Waals surface area (Å²) < 4.78 is 54.5. The number of hydrogen-bond acceptors (Lipinski definition) is 11. The summed E-state index contributed by atoms with van der Waals surface area (Å²) in [5.74, 6) is -1.80. The Morgan fingerprint density at radius 1 is 0.833 bits per heavy atom. The van der Waals surface area contributed by atoms with Crippen LogP contribution in [0.5, 0.6) is 0 Å². The predicted octanol–water partition coefficient (Wildman–Crippen LogP) is 2.78. The molecule has 0 saturated carbocycles. The van der Waals surface area contributed by atoms with Crippen LogP contribution in [0.25, 0.3) is 0 Å². The maximum atomic E-state index is 11.5. The quantitative estimate of drug-likeness (QED) is 0.443. The zero-order chi connectivity index (χ0) is 29.5. The predicted molar refractivity (Wildman–Crippen MR) is 146 cm³/mol. The Kier molecular flexibility index (Phi) is 8.71. The third-order valence-electron chi connectivity index (χ3n) is 7.78. The molecule has 230 valence electrons. The Morgan fingerprint density at radius 3 is 2.24 bits per heavy atom. The van der Waals surface area contributed by atoms with Crippen LogP contribution in [0.15, 0.2) is 60.7 Å². The maximum Gasteiger partial charge on any atom is 0.189 e. The number of aliphatic hydroxyl groups excluding tert-OH is 2. The van der Waals surface area contributed by atoms with E-state index in [1.54, 1.807) is 13.8 Å². The van der Waals surface area contributed by atoms with Gasteiger partial charge < -0.3 is 52.8 Å². The van der Waals surface area contributed by atoms with Crippen molar-refractivity contribution in [3.8, 4) is 0 Å². The van der Waals surface area contributed by atoms with Crippen LogP contribution in [0, 0.1) is 0 Å². The highest BCUT2D eigenvalue weighted by Gasteiger charge is 2.55. The largest absolute Gasteiger partial charge is 0.385 e. The van der Waals surface area contributed by atoms with E-state index >= 15 is 0 Å². The summed E-state index contributed by atoms with van der Waals surface area (Å²) in [4.78, 5) is 0. The lowest BCUT2D eigenvalue weighted by Crippen LogP contribution is -2.63. The number of hydrogen-bond donors (Lipinski definition) is 2. The van der Waals surface area contributed by atoms with E-state index in [1.165, 1.54) is 0 Å². The summed E-state index contributed by atoms with van der Waals surface area (Å²) in [5, 5.41) is 22.8. The molecule has 6 rings (SSSR count). The van der Waals surface area contributed by atoms with Gasteiger partial charge in [0.1, 0.15) is 42.7 Å². The number of aliphatic hydroxyl groups is 2. The van der Waals surface area contributed by atoms with E-state index in [4.69, 9.17) is 42.6 Å². The molecule has 0 spiro atoms. The summed E-state index contributed by atoms with van der Waals surface area (Å²) in [6, 6.07) is 19.2. The van der Waals surface area contributed by atoms with Gasteiger partial charge in [0.05, 0.1) is 19.8 Å². The van der Waals surface area contributed by atoms with E-state index in [0.29, 0.717) is 0 Å². The first kappa shape index (κ1) is 30.0. The van der Waals surface area contributed by atoms with Crippen molar-refractivity contribution in [2.45, 2.75) is 107 Å². The van der Waals surface area contributed by atoms with Crippen LogP contribution < -0.4 is 0 Å². The van der Waals surface area contributed by atoms with Crippen molar-refractivity contribution < 1.29 is 52.8 Å². The third-order valence-corrected chi connectivity index (χ3v) is 7.78. The molecule has 42 heavy (non-hydrogen) atoms. The van der Waals surface area contributed by atoms with E-state index in [-0.39, 0.29) is 19.8 Å². The second-order valence-corrected chi connectivity index (χ2v) is 11.9. The van der Waals surface area contributed by atoms with Gasteiger partial charge in [-0.3, -0.25) is 0 Å². The van der Waals surface area contributed by atoms with E-state index in [0.717, 1.165) is 11.1 Å². The summed E-state index contributed by atoms with van der Waals surface area (Å²) in [7, 11) is 0. The maximum absolute atomic E-state index is 11.5. The Hall–Kier alpha value is -2.00.